The summed E-state index contributed by atoms with van der Waals surface area (Å²) in [4.78, 5) is 2.48. The van der Waals surface area contributed by atoms with Gasteiger partial charge < -0.3 is 4.90 Å². The summed E-state index contributed by atoms with van der Waals surface area (Å²) < 4.78 is 39.7. The van der Waals surface area contributed by atoms with Crippen LogP contribution in [0, 0.1) is 5.82 Å². The Morgan fingerprint density at radius 3 is 2.24 bits per heavy atom. The molecule has 0 aromatic heterocycles. The molecule has 0 radical (unpaired) electrons. The number of anilines is 1. The molecule has 3 rings (SSSR count). The van der Waals surface area contributed by atoms with E-state index in [4.69, 9.17) is 0 Å². The lowest BCUT2D eigenvalue weighted by atomic mass is 10.1. The molecule has 1 aliphatic heterocycles. The maximum Gasteiger partial charge on any atom is 0.240 e. The van der Waals surface area contributed by atoms with E-state index in [0.717, 1.165) is 31.6 Å². The molecule has 1 aliphatic rings. The van der Waals surface area contributed by atoms with Crippen molar-refractivity contribution in [3.8, 4) is 0 Å². The number of nitrogens with zero attached hydrogens (tertiary/aromatic N) is 1. The van der Waals surface area contributed by atoms with Crippen LogP contribution in [0.4, 0.5) is 10.1 Å². The van der Waals surface area contributed by atoms with Gasteiger partial charge in [0.25, 0.3) is 0 Å². The van der Waals surface area contributed by atoms with Crippen molar-refractivity contribution < 1.29 is 12.8 Å². The second-order valence-electron chi connectivity index (χ2n) is 6.32. The molecular formula is C19H23FN2O2S. The number of nitrogens with one attached hydrogen (secondary N) is 1. The van der Waals surface area contributed by atoms with Gasteiger partial charge in [-0.25, -0.2) is 17.5 Å². The van der Waals surface area contributed by atoms with Gasteiger partial charge in [0.15, 0.2) is 0 Å². The quantitative estimate of drug-likeness (QED) is 0.769. The molecule has 0 aliphatic carbocycles. The van der Waals surface area contributed by atoms with Crippen LogP contribution in [0.5, 0.6) is 0 Å². The zero-order chi connectivity index (χ0) is 17.7. The first-order valence-electron chi connectivity index (χ1n) is 8.64. The fourth-order valence-corrected chi connectivity index (χ4v) is 4.12. The summed E-state index contributed by atoms with van der Waals surface area (Å²) in [5.41, 5.74) is 2.46. The van der Waals surface area contributed by atoms with Crippen LogP contribution in [0.15, 0.2) is 53.4 Å². The molecule has 0 bridgehead atoms. The van der Waals surface area contributed by atoms with E-state index in [1.54, 1.807) is 0 Å². The summed E-state index contributed by atoms with van der Waals surface area (Å²) in [5, 5.41) is 0. The van der Waals surface area contributed by atoms with Gasteiger partial charge in [0.2, 0.25) is 10.0 Å². The Bertz CT molecular complexity index is 783. The molecule has 1 fully saturated rings. The van der Waals surface area contributed by atoms with Gasteiger partial charge in [0, 0.05) is 25.3 Å². The second-order valence-corrected chi connectivity index (χ2v) is 8.08. The molecule has 0 amide bonds. The minimum Gasteiger partial charge on any atom is -0.372 e. The van der Waals surface area contributed by atoms with Crippen molar-refractivity contribution in [2.24, 2.45) is 0 Å². The van der Waals surface area contributed by atoms with E-state index in [1.807, 2.05) is 0 Å². The first-order valence-corrected chi connectivity index (χ1v) is 10.1. The van der Waals surface area contributed by atoms with Crippen LogP contribution >= 0.6 is 0 Å². The maximum atomic E-state index is 12.9. The molecule has 25 heavy (non-hydrogen) atoms. The van der Waals surface area contributed by atoms with Crippen LogP contribution in [-0.4, -0.2) is 28.1 Å². The van der Waals surface area contributed by atoms with Crippen LogP contribution < -0.4 is 9.62 Å². The molecule has 1 N–H and O–H groups in total. The van der Waals surface area contributed by atoms with Crippen LogP contribution in [-0.2, 0) is 16.4 Å². The highest BCUT2D eigenvalue weighted by Gasteiger charge is 2.13. The third-order valence-electron chi connectivity index (χ3n) is 4.47. The SMILES string of the molecule is O=S(=O)(NCCCc1ccc(N2CCCC2)cc1)c1ccc(F)cc1. The van der Waals surface area contributed by atoms with Gasteiger partial charge in [-0.1, -0.05) is 12.1 Å². The molecule has 0 saturated carbocycles. The molecule has 0 unspecified atom stereocenters. The molecule has 2 aromatic carbocycles. The highest BCUT2D eigenvalue weighted by atomic mass is 32.2. The summed E-state index contributed by atoms with van der Waals surface area (Å²) in [7, 11) is -3.57. The zero-order valence-corrected chi connectivity index (χ0v) is 14.9. The number of rotatable bonds is 7. The van der Waals surface area contributed by atoms with E-state index in [-0.39, 0.29) is 4.90 Å². The average Bonchev–Trinajstić information content (AvgIpc) is 3.14. The minimum atomic E-state index is -3.57. The summed E-state index contributed by atoms with van der Waals surface area (Å²) in [6, 6.07) is 13.4. The van der Waals surface area contributed by atoms with Crippen LogP contribution in [0.1, 0.15) is 24.8 Å². The van der Waals surface area contributed by atoms with Crippen molar-refractivity contribution in [1.29, 1.82) is 0 Å². The second kappa shape index (κ2) is 7.97. The van der Waals surface area contributed by atoms with Crippen molar-refractivity contribution in [3.05, 3.63) is 59.9 Å². The highest BCUT2D eigenvalue weighted by molar-refractivity contribution is 7.89. The Hall–Kier alpha value is -1.92. The maximum absolute atomic E-state index is 12.9. The summed E-state index contributed by atoms with van der Waals surface area (Å²) in [6.07, 6.45) is 4.04. The minimum absolute atomic E-state index is 0.0869. The van der Waals surface area contributed by atoms with Gasteiger partial charge >= 0.3 is 0 Å². The topological polar surface area (TPSA) is 49.4 Å². The molecule has 4 nitrogen and oxygen atoms in total. The molecule has 1 saturated heterocycles. The first-order chi connectivity index (χ1) is 12.0. The average molecular weight is 362 g/mol. The number of halogens is 1. The number of aryl methyl sites for hydroxylation is 1. The number of sulfonamides is 1. The van der Waals surface area contributed by atoms with E-state index in [1.165, 1.54) is 36.2 Å². The zero-order valence-electron chi connectivity index (χ0n) is 14.1. The molecule has 0 spiro atoms. The highest BCUT2D eigenvalue weighted by Crippen LogP contribution is 2.20. The lowest BCUT2D eigenvalue weighted by molar-refractivity contribution is 0.578. The Labute approximate surface area is 148 Å². The van der Waals surface area contributed by atoms with Crippen molar-refractivity contribution in [1.82, 2.24) is 4.72 Å². The van der Waals surface area contributed by atoms with Crippen molar-refractivity contribution in [2.75, 3.05) is 24.5 Å². The number of hydrogen-bond donors (Lipinski definition) is 1. The van der Waals surface area contributed by atoms with Gasteiger partial charge in [0.1, 0.15) is 5.82 Å². The first kappa shape index (κ1) is 17.9. The third-order valence-corrected chi connectivity index (χ3v) is 5.94. The van der Waals surface area contributed by atoms with E-state index in [9.17, 15) is 12.8 Å². The fraction of sp³-hybridized carbons (Fsp3) is 0.368. The molecule has 2 aromatic rings. The van der Waals surface area contributed by atoms with Crippen LogP contribution in [0.2, 0.25) is 0 Å². The predicted molar refractivity (Wildman–Crippen MR) is 97.8 cm³/mol. The Morgan fingerprint density at radius 2 is 1.60 bits per heavy atom. The van der Waals surface area contributed by atoms with Crippen molar-refractivity contribution in [2.45, 2.75) is 30.6 Å². The molecular weight excluding hydrogens is 339 g/mol. The molecule has 6 heteroatoms. The summed E-state index contributed by atoms with van der Waals surface area (Å²) in [5.74, 6) is -0.448. The lowest BCUT2D eigenvalue weighted by Crippen LogP contribution is -2.25. The van der Waals surface area contributed by atoms with Crippen LogP contribution in [0.25, 0.3) is 0 Å². The van der Waals surface area contributed by atoms with Gasteiger partial charge in [-0.2, -0.15) is 0 Å². The van der Waals surface area contributed by atoms with Gasteiger partial charge in [-0.3, -0.25) is 0 Å². The van der Waals surface area contributed by atoms with Gasteiger partial charge in [-0.15, -0.1) is 0 Å². The predicted octanol–water partition coefficient (Wildman–Crippen LogP) is 3.34. The third kappa shape index (κ3) is 4.80. The molecule has 1 heterocycles. The largest absolute Gasteiger partial charge is 0.372 e. The van der Waals surface area contributed by atoms with Crippen molar-refractivity contribution in [3.63, 3.8) is 0 Å². The summed E-state index contributed by atoms with van der Waals surface area (Å²) >= 11 is 0. The van der Waals surface area contributed by atoms with Crippen molar-refractivity contribution >= 4 is 15.7 Å². The van der Waals surface area contributed by atoms with E-state index >= 15 is 0 Å². The normalized spacial score (nSPS) is 14.8. The fourth-order valence-electron chi connectivity index (χ4n) is 3.04. The molecule has 134 valence electrons. The Morgan fingerprint density at radius 1 is 0.960 bits per heavy atom. The van der Waals surface area contributed by atoms with E-state index < -0.39 is 15.8 Å². The van der Waals surface area contributed by atoms with E-state index in [2.05, 4.69) is 33.9 Å². The summed E-state index contributed by atoms with van der Waals surface area (Å²) in [6.45, 7) is 2.61. The number of benzene rings is 2. The van der Waals surface area contributed by atoms with Gasteiger partial charge in [-0.05, 0) is 67.6 Å². The van der Waals surface area contributed by atoms with Gasteiger partial charge in [0.05, 0.1) is 4.90 Å². The van der Waals surface area contributed by atoms with E-state index in [0.29, 0.717) is 13.0 Å². The Balaban J connectivity index is 1.47. The van der Waals surface area contributed by atoms with Crippen LogP contribution in [0.3, 0.4) is 0 Å². The lowest BCUT2D eigenvalue weighted by Gasteiger charge is -2.17. The molecule has 0 atom stereocenters. The number of hydrogen-bond acceptors (Lipinski definition) is 3. The Kier molecular flexibility index (Phi) is 5.71. The standard InChI is InChI=1S/C19H23FN2O2S/c20-17-7-11-19(12-8-17)25(23,24)21-13-3-4-16-5-9-18(10-6-16)22-14-1-2-15-22/h5-12,21H,1-4,13-15H2. The monoisotopic (exact) mass is 362 g/mol. The smallest absolute Gasteiger partial charge is 0.240 e.